The number of nitrogens with zero attached hydrogens (tertiary/aromatic N) is 2. The fourth-order valence-electron chi connectivity index (χ4n) is 2.75. The molecule has 1 N–H and O–H groups in total. The first-order chi connectivity index (χ1) is 9.99. The van der Waals surface area contributed by atoms with Crippen LogP contribution in [0.2, 0.25) is 0 Å². The number of nitro benzene ring substituents is 1. The molecule has 7 heteroatoms. The largest absolute Gasteiger partial charge is 0.481 e. The van der Waals surface area contributed by atoms with Gasteiger partial charge in [0, 0.05) is 18.7 Å². The number of hydrogen-bond donors (Lipinski definition) is 1. The Morgan fingerprint density at radius 2 is 2.24 bits per heavy atom. The molecule has 6 nitrogen and oxygen atoms in total. The van der Waals surface area contributed by atoms with Gasteiger partial charge in [-0.15, -0.1) is 0 Å². The van der Waals surface area contributed by atoms with Crippen LogP contribution in [0.25, 0.3) is 0 Å². The molecular weight excluding hydrogens is 340 g/mol. The highest BCUT2D eigenvalue weighted by atomic mass is 79.9. The highest BCUT2D eigenvalue weighted by Crippen LogP contribution is 2.31. The zero-order valence-corrected chi connectivity index (χ0v) is 13.1. The molecule has 1 atom stereocenters. The maximum atomic E-state index is 11.0. The van der Waals surface area contributed by atoms with Gasteiger partial charge in [0.15, 0.2) is 0 Å². The second-order valence-corrected chi connectivity index (χ2v) is 6.02. The van der Waals surface area contributed by atoms with E-state index < -0.39 is 10.9 Å². The molecule has 1 fully saturated rings. The molecule has 21 heavy (non-hydrogen) atoms. The highest BCUT2D eigenvalue weighted by molar-refractivity contribution is 9.10. The van der Waals surface area contributed by atoms with Gasteiger partial charge in [0.1, 0.15) is 0 Å². The maximum Gasteiger partial charge on any atom is 0.304 e. The second-order valence-electron chi connectivity index (χ2n) is 5.23. The van der Waals surface area contributed by atoms with E-state index in [2.05, 4.69) is 20.8 Å². The van der Waals surface area contributed by atoms with E-state index in [1.165, 1.54) is 6.07 Å². The Labute approximate surface area is 131 Å². The van der Waals surface area contributed by atoms with Crippen LogP contribution in [0.1, 0.15) is 31.2 Å². The SMILES string of the molecule is O=C(O)CC1CCCCN1Cc1cccc([N+](=O)[O-])c1Br. The first kappa shape index (κ1) is 15.9. The van der Waals surface area contributed by atoms with Gasteiger partial charge in [-0.1, -0.05) is 18.6 Å². The topological polar surface area (TPSA) is 83.7 Å². The Hall–Kier alpha value is -1.47. The molecule has 0 radical (unpaired) electrons. The molecule has 0 saturated carbocycles. The summed E-state index contributed by atoms with van der Waals surface area (Å²) >= 11 is 3.29. The lowest BCUT2D eigenvalue weighted by atomic mass is 9.98. The number of carboxylic acid groups (broad SMARTS) is 1. The van der Waals surface area contributed by atoms with Gasteiger partial charge in [0.25, 0.3) is 5.69 Å². The molecular formula is C14H17BrN2O4. The van der Waals surface area contributed by atoms with E-state index >= 15 is 0 Å². The number of benzene rings is 1. The predicted octanol–water partition coefficient (Wildman–Crippen LogP) is 3.19. The molecule has 0 aliphatic carbocycles. The summed E-state index contributed by atoms with van der Waals surface area (Å²) in [5, 5.41) is 20.0. The molecule has 1 aromatic rings. The summed E-state index contributed by atoms with van der Waals surface area (Å²) in [4.78, 5) is 23.6. The molecule has 2 rings (SSSR count). The summed E-state index contributed by atoms with van der Waals surface area (Å²) in [5.74, 6) is -0.801. The van der Waals surface area contributed by atoms with Crippen molar-refractivity contribution in [3.8, 4) is 0 Å². The summed E-state index contributed by atoms with van der Waals surface area (Å²) in [6.45, 7) is 1.35. The number of hydrogen-bond acceptors (Lipinski definition) is 4. The van der Waals surface area contributed by atoms with Crippen molar-refractivity contribution in [3.05, 3.63) is 38.3 Å². The highest BCUT2D eigenvalue weighted by Gasteiger charge is 2.26. The molecule has 0 bridgehead atoms. The average Bonchev–Trinajstić information content (AvgIpc) is 2.42. The number of halogens is 1. The third-order valence-electron chi connectivity index (χ3n) is 3.79. The van der Waals surface area contributed by atoms with Crippen molar-refractivity contribution in [2.75, 3.05) is 6.54 Å². The van der Waals surface area contributed by atoms with E-state index in [4.69, 9.17) is 5.11 Å². The zero-order valence-electron chi connectivity index (χ0n) is 11.5. The van der Waals surface area contributed by atoms with Gasteiger partial charge < -0.3 is 5.11 Å². The van der Waals surface area contributed by atoms with Crippen molar-refractivity contribution in [1.82, 2.24) is 4.90 Å². The van der Waals surface area contributed by atoms with E-state index in [0.29, 0.717) is 11.0 Å². The molecule has 0 spiro atoms. The molecule has 0 aromatic heterocycles. The monoisotopic (exact) mass is 356 g/mol. The lowest BCUT2D eigenvalue weighted by Crippen LogP contribution is -2.40. The quantitative estimate of drug-likeness (QED) is 0.646. The Morgan fingerprint density at radius 1 is 1.48 bits per heavy atom. The minimum Gasteiger partial charge on any atom is -0.481 e. The van der Waals surface area contributed by atoms with Gasteiger partial charge >= 0.3 is 5.97 Å². The fraction of sp³-hybridized carbons (Fsp3) is 0.500. The van der Waals surface area contributed by atoms with Crippen LogP contribution >= 0.6 is 15.9 Å². The van der Waals surface area contributed by atoms with Crippen LogP contribution in [0.5, 0.6) is 0 Å². The Bertz CT molecular complexity index is 550. The summed E-state index contributed by atoms with van der Waals surface area (Å²) in [5.41, 5.74) is 0.862. The third-order valence-corrected chi connectivity index (χ3v) is 4.70. The number of aliphatic carboxylic acids is 1. The second kappa shape index (κ2) is 7.00. The van der Waals surface area contributed by atoms with E-state index in [-0.39, 0.29) is 18.2 Å². The van der Waals surface area contributed by atoms with Crippen LogP contribution in [0.15, 0.2) is 22.7 Å². The van der Waals surface area contributed by atoms with Crippen molar-refractivity contribution in [2.45, 2.75) is 38.3 Å². The number of rotatable bonds is 5. The van der Waals surface area contributed by atoms with Crippen molar-refractivity contribution in [1.29, 1.82) is 0 Å². The number of carboxylic acids is 1. The van der Waals surface area contributed by atoms with Gasteiger partial charge in [-0.2, -0.15) is 0 Å². The molecule has 1 saturated heterocycles. The minimum absolute atomic E-state index is 0.00223. The Kier molecular flexibility index (Phi) is 5.30. The first-order valence-corrected chi connectivity index (χ1v) is 7.66. The smallest absolute Gasteiger partial charge is 0.304 e. The van der Waals surface area contributed by atoms with Gasteiger partial charge in [0.05, 0.1) is 15.8 Å². The lowest BCUT2D eigenvalue weighted by Gasteiger charge is -2.35. The molecule has 1 aliphatic heterocycles. The Morgan fingerprint density at radius 3 is 2.90 bits per heavy atom. The van der Waals surface area contributed by atoms with Crippen LogP contribution in [0.4, 0.5) is 5.69 Å². The van der Waals surface area contributed by atoms with E-state index in [0.717, 1.165) is 31.4 Å². The normalized spacial score (nSPS) is 19.4. The fourth-order valence-corrected chi connectivity index (χ4v) is 3.28. The van der Waals surface area contributed by atoms with E-state index in [1.54, 1.807) is 6.07 Å². The van der Waals surface area contributed by atoms with Gasteiger partial charge in [0.2, 0.25) is 0 Å². The molecule has 0 amide bonds. The zero-order chi connectivity index (χ0) is 15.4. The van der Waals surface area contributed by atoms with Gasteiger partial charge in [-0.05, 0) is 40.9 Å². The molecule has 1 heterocycles. The van der Waals surface area contributed by atoms with E-state index in [9.17, 15) is 14.9 Å². The average molecular weight is 357 g/mol. The molecule has 1 aromatic carbocycles. The molecule has 114 valence electrons. The molecule has 1 aliphatic rings. The van der Waals surface area contributed by atoms with Crippen LogP contribution in [-0.2, 0) is 11.3 Å². The van der Waals surface area contributed by atoms with Crippen LogP contribution in [0, 0.1) is 10.1 Å². The number of carbonyl (C=O) groups is 1. The number of nitro groups is 1. The standard InChI is InChI=1S/C14H17BrN2O4/c15-14-10(4-3-6-12(14)17(20)21)9-16-7-2-1-5-11(16)8-13(18)19/h3-4,6,11H,1-2,5,7-9H2,(H,18,19). The maximum absolute atomic E-state index is 11.0. The van der Waals surface area contributed by atoms with Crippen LogP contribution in [-0.4, -0.2) is 33.5 Å². The summed E-state index contributed by atoms with van der Waals surface area (Å²) in [6, 6.07) is 4.96. The van der Waals surface area contributed by atoms with Gasteiger partial charge in [-0.25, -0.2) is 0 Å². The minimum atomic E-state index is -0.801. The van der Waals surface area contributed by atoms with Crippen molar-refractivity contribution in [3.63, 3.8) is 0 Å². The van der Waals surface area contributed by atoms with Crippen molar-refractivity contribution < 1.29 is 14.8 Å². The van der Waals surface area contributed by atoms with Crippen LogP contribution < -0.4 is 0 Å². The third kappa shape index (κ3) is 4.01. The van der Waals surface area contributed by atoms with Crippen molar-refractivity contribution >= 4 is 27.6 Å². The number of likely N-dealkylation sites (tertiary alicyclic amines) is 1. The molecule has 1 unspecified atom stereocenters. The lowest BCUT2D eigenvalue weighted by molar-refractivity contribution is -0.385. The predicted molar refractivity (Wildman–Crippen MR) is 81.1 cm³/mol. The van der Waals surface area contributed by atoms with E-state index in [1.807, 2.05) is 6.07 Å². The summed E-state index contributed by atoms with van der Waals surface area (Å²) in [7, 11) is 0. The summed E-state index contributed by atoms with van der Waals surface area (Å²) < 4.78 is 0.481. The van der Waals surface area contributed by atoms with Crippen molar-refractivity contribution in [2.24, 2.45) is 0 Å². The Balaban J connectivity index is 2.17. The summed E-state index contributed by atoms with van der Waals surface area (Å²) in [6.07, 6.45) is 3.04. The van der Waals surface area contributed by atoms with Gasteiger partial charge in [-0.3, -0.25) is 19.8 Å². The number of piperidine rings is 1. The first-order valence-electron chi connectivity index (χ1n) is 6.86. The van der Waals surface area contributed by atoms with Crippen LogP contribution in [0.3, 0.4) is 0 Å².